The van der Waals surface area contributed by atoms with E-state index in [-0.39, 0.29) is 5.91 Å². The lowest BCUT2D eigenvalue weighted by molar-refractivity contribution is -0.872. The standard InChI is InChI=1S/C10H23N5O/c1-15(2,3)9-14-10(16)8-13-7-6-12-5-4-11/h8,12H,4-7,9,11H2,1-3H3/p+1. The molecule has 6 heteroatoms. The van der Waals surface area contributed by atoms with Crippen LogP contribution < -0.4 is 16.4 Å². The lowest BCUT2D eigenvalue weighted by Gasteiger charge is -2.23. The summed E-state index contributed by atoms with van der Waals surface area (Å²) in [5.41, 5.74) is 5.30. The molecular formula is C10H24N5O+. The third kappa shape index (κ3) is 11.1. The molecule has 0 aliphatic rings. The fraction of sp³-hybridized carbons (Fsp3) is 0.800. The molecule has 0 unspecified atom stereocenters. The van der Waals surface area contributed by atoms with Crippen LogP contribution in [0.3, 0.4) is 0 Å². The van der Waals surface area contributed by atoms with Crippen molar-refractivity contribution in [3.05, 3.63) is 0 Å². The Hall–Kier alpha value is -0.980. The molecule has 6 nitrogen and oxygen atoms in total. The molecule has 16 heavy (non-hydrogen) atoms. The average molecular weight is 230 g/mol. The zero-order valence-electron chi connectivity index (χ0n) is 10.5. The first-order valence-electron chi connectivity index (χ1n) is 5.44. The van der Waals surface area contributed by atoms with Gasteiger partial charge >= 0.3 is 0 Å². The highest BCUT2D eigenvalue weighted by Crippen LogP contribution is 1.83. The third-order valence-corrected chi connectivity index (χ3v) is 1.67. The van der Waals surface area contributed by atoms with Gasteiger partial charge in [0.2, 0.25) is 0 Å². The van der Waals surface area contributed by atoms with Gasteiger partial charge in [-0.05, 0) is 0 Å². The topological polar surface area (TPSA) is 79.5 Å². The number of hydrogen-bond donors (Lipinski definition) is 3. The van der Waals surface area contributed by atoms with Gasteiger partial charge in [-0.25, -0.2) is 0 Å². The van der Waals surface area contributed by atoms with Crippen LogP contribution in [-0.2, 0) is 4.79 Å². The quantitative estimate of drug-likeness (QED) is 0.203. The molecule has 0 aliphatic carbocycles. The van der Waals surface area contributed by atoms with Crippen molar-refractivity contribution >= 4 is 12.1 Å². The predicted molar refractivity (Wildman–Crippen MR) is 66.3 cm³/mol. The minimum absolute atomic E-state index is 0.146. The van der Waals surface area contributed by atoms with E-state index >= 15 is 0 Å². The van der Waals surface area contributed by atoms with Crippen LogP contribution in [0.4, 0.5) is 0 Å². The highest BCUT2D eigenvalue weighted by atomic mass is 16.1. The number of quaternary nitrogens is 1. The third-order valence-electron chi connectivity index (χ3n) is 1.67. The van der Waals surface area contributed by atoms with E-state index in [1.165, 1.54) is 6.21 Å². The average Bonchev–Trinajstić information content (AvgIpc) is 2.19. The van der Waals surface area contributed by atoms with Crippen molar-refractivity contribution in [1.29, 1.82) is 0 Å². The van der Waals surface area contributed by atoms with E-state index in [0.717, 1.165) is 13.1 Å². The second-order valence-electron chi connectivity index (χ2n) is 4.56. The number of amides is 1. The van der Waals surface area contributed by atoms with E-state index in [9.17, 15) is 4.79 Å². The molecule has 0 rings (SSSR count). The van der Waals surface area contributed by atoms with Crippen molar-refractivity contribution in [2.24, 2.45) is 10.7 Å². The van der Waals surface area contributed by atoms with Gasteiger partial charge in [0, 0.05) is 19.6 Å². The Labute approximate surface area is 97.5 Å². The molecule has 0 bridgehead atoms. The monoisotopic (exact) mass is 230 g/mol. The Morgan fingerprint density at radius 1 is 1.38 bits per heavy atom. The van der Waals surface area contributed by atoms with Crippen molar-refractivity contribution in [1.82, 2.24) is 10.6 Å². The number of nitrogens with one attached hydrogen (secondary N) is 2. The Balaban J connectivity index is 3.52. The molecule has 1 amide bonds. The van der Waals surface area contributed by atoms with Crippen LogP contribution in [0.2, 0.25) is 0 Å². The van der Waals surface area contributed by atoms with Crippen LogP contribution in [0.5, 0.6) is 0 Å². The SMILES string of the molecule is C[N+](C)(C)CNC(=O)C=NCCNCCN. The Bertz CT molecular complexity index is 222. The molecule has 94 valence electrons. The molecular weight excluding hydrogens is 206 g/mol. The Morgan fingerprint density at radius 3 is 2.62 bits per heavy atom. The van der Waals surface area contributed by atoms with E-state index in [1.807, 2.05) is 21.1 Å². The fourth-order valence-electron chi connectivity index (χ4n) is 0.879. The van der Waals surface area contributed by atoms with Gasteiger partial charge in [0.15, 0.2) is 6.67 Å². The molecule has 4 N–H and O–H groups in total. The van der Waals surface area contributed by atoms with Crippen molar-refractivity contribution < 1.29 is 9.28 Å². The van der Waals surface area contributed by atoms with Gasteiger partial charge in [-0.3, -0.25) is 9.79 Å². The van der Waals surface area contributed by atoms with Crippen molar-refractivity contribution in [3.8, 4) is 0 Å². The maximum atomic E-state index is 11.3. The van der Waals surface area contributed by atoms with Gasteiger partial charge in [0.05, 0.1) is 33.9 Å². The van der Waals surface area contributed by atoms with Gasteiger partial charge in [-0.15, -0.1) is 0 Å². The normalized spacial score (nSPS) is 12.0. The lowest BCUT2D eigenvalue weighted by atomic mass is 10.5. The minimum Gasteiger partial charge on any atom is -0.329 e. The molecule has 0 atom stereocenters. The van der Waals surface area contributed by atoms with Crippen LogP contribution in [0.1, 0.15) is 0 Å². The largest absolute Gasteiger partial charge is 0.329 e. The Morgan fingerprint density at radius 2 is 2.06 bits per heavy atom. The second kappa shape index (κ2) is 8.20. The summed E-state index contributed by atoms with van der Waals surface area (Å²) in [4.78, 5) is 15.3. The maximum absolute atomic E-state index is 11.3. The zero-order chi connectivity index (χ0) is 12.4. The van der Waals surface area contributed by atoms with Crippen LogP contribution in [0.25, 0.3) is 0 Å². The van der Waals surface area contributed by atoms with E-state index in [2.05, 4.69) is 15.6 Å². The number of hydrogen-bond acceptors (Lipinski definition) is 4. The molecule has 0 spiro atoms. The van der Waals surface area contributed by atoms with Gasteiger partial charge in [0.25, 0.3) is 5.91 Å². The number of nitrogens with two attached hydrogens (primary N) is 1. The van der Waals surface area contributed by atoms with Crippen molar-refractivity contribution in [3.63, 3.8) is 0 Å². The molecule has 0 saturated heterocycles. The number of carbonyl (C=O) groups excluding carboxylic acids is 1. The van der Waals surface area contributed by atoms with Crippen molar-refractivity contribution in [2.75, 3.05) is 54.0 Å². The molecule has 0 aromatic rings. The summed E-state index contributed by atoms with van der Waals surface area (Å²) in [5.74, 6) is -0.146. The molecule has 0 heterocycles. The smallest absolute Gasteiger partial charge is 0.266 e. The van der Waals surface area contributed by atoms with E-state index < -0.39 is 0 Å². The number of carbonyl (C=O) groups is 1. The predicted octanol–water partition coefficient (Wildman–Crippen LogP) is -1.61. The van der Waals surface area contributed by atoms with Gasteiger partial charge in [-0.2, -0.15) is 0 Å². The lowest BCUT2D eigenvalue weighted by Crippen LogP contribution is -2.45. The first-order chi connectivity index (χ1) is 7.45. The molecule has 0 fully saturated rings. The summed E-state index contributed by atoms with van der Waals surface area (Å²) < 4.78 is 0.692. The summed E-state index contributed by atoms with van der Waals surface area (Å²) in [6.07, 6.45) is 1.33. The molecule has 0 aromatic carbocycles. The summed E-state index contributed by atoms with van der Waals surface area (Å²) in [5, 5.41) is 5.86. The highest BCUT2D eigenvalue weighted by molar-refractivity contribution is 6.26. The molecule has 0 aliphatic heterocycles. The van der Waals surface area contributed by atoms with Gasteiger partial charge in [0.1, 0.15) is 0 Å². The first-order valence-corrected chi connectivity index (χ1v) is 5.44. The summed E-state index contributed by atoms with van der Waals surface area (Å²) in [6.45, 7) is 3.33. The zero-order valence-corrected chi connectivity index (χ0v) is 10.5. The van der Waals surface area contributed by atoms with Crippen LogP contribution in [-0.4, -0.2) is 70.6 Å². The minimum atomic E-state index is -0.146. The summed E-state index contributed by atoms with van der Waals surface area (Å²) in [7, 11) is 6.02. The van der Waals surface area contributed by atoms with Crippen LogP contribution in [0.15, 0.2) is 4.99 Å². The Kier molecular flexibility index (Phi) is 7.70. The van der Waals surface area contributed by atoms with Crippen LogP contribution in [0, 0.1) is 0 Å². The van der Waals surface area contributed by atoms with E-state index in [1.54, 1.807) is 0 Å². The summed E-state index contributed by atoms with van der Waals surface area (Å²) in [6, 6.07) is 0. The van der Waals surface area contributed by atoms with Crippen molar-refractivity contribution in [2.45, 2.75) is 0 Å². The second-order valence-corrected chi connectivity index (χ2v) is 4.56. The first kappa shape index (κ1) is 15.0. The summed E-state index contributed by atoms with van der Waals surface area (Å²) >= 11 is 0. The number of nitrogens with zero attached hydrogens (tertiary/aromatic N) is 2. The molecule has 0 radical (unpaired) electrons. The van der Waals surface area contributed by atoms with E-state index in [4.69, 9.17) is 5.73 Å². The number of rotatable bonds is 8. The van der Waals surface area contributed by atoms with Gasteiger partial charge in [-0.1, -0.05) is 0 Å². The number of aliphatic imine (C=N–C) groups is 1. The molecule has 0 aromatic heterocycles. The highest BCUT2D eigenvalue weighted by Gasteiger charge is 2.06. The maximum Gasteiger partial charge on any atom is 0.266 e. The van der Waals surface area contributed by atoms with E-state index in [0.29, 0.717) is 24.2 Å². The van der Waals surface area contributed by atoms with Gasteiger partial charge < -0.3 is 20.9 Å². The van der Waals surface area contributed by atoms with Crippen LogP contribution >= 0.6 is 0 Å². The fourth-order valence-corrected chi connectivity index (χ4v) is 0.879. The molecule has 0 saturated carbocycles.